The molecular weight excluding hydrogens is 394 g/mol. The molecule has 0 radical (unpaired) electrons. The van der Waals surface area contributed by atoms with E-state index in [0.29, 0.717) is 16.4 Å². The molecule has 0 atom stereocenters. The van der Waals surface area contributed by atoms with Gasteiger partial charge in [-0.25, -0.2) is 0 Å². The third-order valence-electron chi connectivity index (χ3n) is 4.44. The van der Waals surface area contributed by atoms with E-state index in [-0.39, 0.29) is 5.91 Å². The summed E-state index contributed by atoms with van der Waals surface area (Å²) in [5.74, 6) is 0.665. The van der Waals surface area contributed by atoms with E-state index in [0.717, 1.165) is 32.8 Å². The fraction of sp³-hybridized carbons (Fsp3) is 0.143. The Morgan fingerprint density at radius 3 is 2.75 bits per heavy atom. The standard InChI is InChI=1S/C21H18ClN3O2S/c1-25-21-17(19(24-25)14-6-8-15(22)9-7-14)11-18(28-21)20(26)23-12-13-4-3-5-16(10-13)27-2/h3-11H,12H2,1-2H3,(H,23,26). The number of hydrogen-bond donors (Lipinski definition) is 1. The Hall–Kier alpha value is -2.83. The van der Waals surface area contributed by atoms with Gasteiger partial charge >= 0.3 is 0 Å². The highest BCUT2D eigenvalue weighted by molar-refractivity contribution is 7.20. The van der Waals surface area contributed by atoms with Crippen LogP contribution in [0.2, 0.25) is 5.02 Å². The van der Waals surface area contributed by atoms with Crippen molar-refractivity contribution in [3.63, 3.8) is 0 Å². The van der Waals surface area contributed by atoms with Crippen molar-refractivity contribution in [3.05, 3.63) is 70.1 Å². The quantitative estimate of drug-likeness (QED) is 0.508. The number of nitrogens with one attached hydrogen (secondary N) is 1. The van der Waals surface area contributed by atoms with Crippen molar-refractivity contribution in [2.45, 2.75) is 6.54 Å². The van der Waals surface area contributed by atoms with Crippen LogP contribution in [0, 0.1) is 0 Å². The average molecular weight is 412 g/mol. The monoisotopic (exact) mass is 411 g/mol. The number of aromatic nitrogens is 2. The molecule has 0 saturated carbocycles. The topological polar surface area (TPSA) is 56.1 Å². The molecule has 0 spiro atoms. The first-order valence-electron chi connectivity index (χ1n) is 8.69. The molecule has 0 aliphatic carbocycles. The number of nitrogens with zero attached hydrogens (tertiary/aromatic N) is 2. The molecule has 2 heterocycles. The van der Waals surface area contributed by atoms with E-state index < -0.39 is 0 Å². The van der Waals surface area contributed by atoms with Crippen LogP contribution in [0.15, 0.2) is 54.6 Å². The molecule has 2 aromatic heterocycles. The van der Waals surface area contributed by atoms with E-state index >= 15 is 0 Å². The van der Waals surface area contributed by atoms with E-state index in [1.807, 2.05) is 66.3 Å². The van der Waals surface area contributed by atoms with Crippen molar-refractivity contribution in [2.75, 3.05) is 7.11 Å². The van der Waals surface area contributed by atoms with Gasteiger partial charge in [0.05, 0.1) is 12.0 Å². The number of methoxy groups -OCH3 is 1. The van der Waals surface area contributed by atoms with Gasteiger partial charge in [-0.1, -0.05) is 35.9 Å². The van der Waals surface area contributed by atoms with Crippen LogP contribution in [0.4, 0.5) is 0 Å². The van der Waals surface area contributed by atoms with Gasteiger partial charge in [-0.3, -0.25) is 9.48 Å². The summed E-state index contributed by atoms with van der Waals surface area (Å²) in [6.07, 6.45) is 0. The average Bonchev–Trinajstić information content (AvgIpc) is 3.28. The van der Waals surface area contributed by atoms with Crippen LogP contribution < -0.4 is 10.1 Å². The zero-order chi connectivity index (χ0) is 19.7. The number of benzene rings is 2. The lowest BCUT2D eigenvalue weighted by Gasteiger charge is -2.06. The number of ether oxygens (including phenoxy) is 1. The molecule has 0 bridgehead atoms. The van der Waals surface area contributed by atoms with Crippen molar-refractivity contribution < 1.29 is 9.53 Å². The van der Waals surface area contributed by atoms with E-state index in [1.165, 1.54) is 11.3 Å². The highest BCUT2D eigenvalue weighted by atomic mass is 35.5. The van der Waals surface area contributed by atoms with Crippen molar-refractivity contribution in [1.82, 2.24) is 15.1 Å². The maximum absolute atomic E-state index is 12.7. The van der Waals surface area contributed by atoms with E-state index in [2.05, 4.69) is 10.4 Å². The molecular formula is C21H18ClN3O2S. The molecule has 0 aliphatic rings. The molecule has 0 saturated heterocycles. The summed E-state index contributed by atoms with van der Waals surface area (Å²) in [7, 11) is 3.51. The number of amides is 1. The fourth-order valence-corrected chi connectivity index (χ4v) is 4.14. The summed E-state index contributed by atoms with van der Waals surface area (Å²) in [6, 6.07) is 17.1. The SMILES string of the molecule is COc1cccc(CNC(=O)c2cc3c(-c4ccc(Cl)cc4)nn(C)c3s2)c1. The minimum Gasteiger partial charge on any atom is -0.497 e. The first kappa shape index (κ1) is 18.5. The number of aryl methyl sites for hydroxylation is 1. The Morgan fingerprint density at radius 1 is 1.21 bits per heavy atom. The lowest BCUT2D eigenvalue weighted by molar-refractivity contribution is 0.0955. The van der Waals surface area contributed by atoms with Gasteiger partial charge < -0.3 is 10.1 Å². The minimum atomic E-state index is -0.105. The van der Waals surface area contributed by atoms with E-state index in [1.54, 1.807) is 7.11 Å². The van der Waals surface area contributed by atoms with Crippen molar-refractivity contribution in [2.24, 2.45) is 7.05 Å². The second-order valence-electron chi connectivity index (χ2n) is 6.34. The van der Waals surface area contributed by atoms with Gasteiger partial charge in [0.2, 0.25) is 0 Å². The van der Waals surface area contributed by atoms with Gasteiger partial charge in [-0.15, -0.1) is 11.3 Å². The van der Waals surface area contributed by atoms with Crippen molar-refractivity contribution in [3.8, 4) is 17.0 Å². The number of thiophene rings is 1. The maximum Gasteiger partial charge on any atom is 0.261 e. The molecule has 0 fully saturated rings. The first-order valence-corrected chi connectivity index (χ1v) is 9.88. The molecule has 142 valence electrons. The van der Waals surface area contributed by atoms with Crippen molar-refractivity contribution >= 4 is 39.1 Å². The highest BCUT2D eigenvalue weighted by Crippen LogP contribution is 2.34. The summed E-state index contributed by atoms with van der Waals surface area (Å²) in [5, 5.41) is 9.21. The number of carbonyl (C=O) groups excluding carboxylic acids is 1. The lowest BCUT2D eigenvalue weighted by atomic mass is 10.1. The summed E-state index contributed by atoms with van der Waals surface area (Å²) in [4.78, 5) is 14.3. The predicted molar refractivity (Wildman–Crippen MR) is 113 cm³/mol. The second kappa shape index (κ2) is 7.66. The van der Waals surface area contributed by atoms with Crippen LogP contribution in [0.25, 0.3) is 21.5 Å². The molecule has 2 aromatic carbocycles. The Labute approximate surface area is 171 Å². The smallest absolute Gasteiger partial charge is 0.261 e. The number of hydrogen-bond acceptors (Lipinski definition) is 4. The lowest BCUT2D eigenvalue weighted by Crippen LogP contribution is -2.21. The third kappa shape index (κ3) is 3.61. The van der Waals surface area contributed by atoms with Gasteiger partial charge in [0.1, 0.15) is 16.3 Å². The first-order chi connectivity index (χ1) is 13.5. The number of fused-ring (bicyclic) bond motifs is 1. The molecule has 7 heteroatoms. The van der Waals surface area contributed by atoms with Crippen LogP contribution in [0.5, 0.6) is 5.75 Å². The number of carbonyl (C=O) groups is 1. The Bertz CT molecular complexity index is 1150. The van der Waals surface area contributed by atoms with Crippen LogP contribution in [-0.2, 0) is 13.6 Å². The maximum atomic E-state index is 12.7. The van der Waals surface area contributed by atoms with Crippen LogP contribution in [0.1, 0.15) is 15.2 Å². The number of halogens is 1. The normalized spacial score (nSPS) is 11.0. The number of rotatable bonds is 5. The van der Waals surface area contributed by atoms with Crippen molar-refractivity contribution in [1.29, 1.82) is 0 Å². The van der Waals surface area contributed by atoms with Gasteiger partial charge in [0.25, 0.3) is 5.91 Å². The molecule has 5 nitrogen and oxygen atoms in total. The fourth-order valence-electron chi connectivity index (χ4n) is 3.03. The molecule has 0 unspecified atom stereocenters. The Morgan fingerprint density at radius 2 is 2.00 bits per heavy atom. The molecule has 4 aromatic rings. The second-order valence-corrected chi connectivity index (χ2v) is 7.81. The summed E-state index contributed by atoms with van der Waals surface area (Å²) < 4.78 is 7.03. The molecule has 1 N–H and O–H groups in total. The largest absolute Gasteiger partial charge is 0.497 e. The predicted octanol–water partition coefficient (Wildman–Crippen LogP) is 4.89. The third-order valence-corrected chi connectivity index (χ3v) is 5.89. The molecule has 28 heavy (non-hydrogen) atoms. The zero-order valence-corrected chi connectivity index (χ0v) is 17.0. The van der Waals surface area contributed by atoms with Crippen LogP contribution in [0.3, 0.4) is 0 Å². The molecule has 0 aliphatic heterocycles. The van der Waals surface area contributed by atoms with Gasteiger partial charge in [-0.2, -0.15) is 5.10 Å². The summed E-state index contributed by atoms with van der Waals surface area (Å²) >= 11 is 7.42. The summed E-state index contributed by atoms with van der Waals surface area (Å²) in [6.45, 7) is 0.437. The Kier molecular flexibility index (Phi) is 5.07. The van der Waals surface area contributed by atoms with Crippen LogP contribution in [-0.4, -0.2) is 22.8 Å². The Balaban J connectivity index is 1.58. The minimum absolute atomic E-state index is 0.105. The van der Waals surface area contributed by atoms with Gasteiger partial charge in [0, 0.05) is 29.6 Å². The highest BCUT2D eigenvalue weighted by Gasteiger charge is 2.18. The summed E-state index contributed by atoms with van der Waals surface area (Å²) in [5.41, 5.74) is 2.80. The van der Waals surface area contributed by atoms with E-state index in [4.69, 9.17) is 16.3 Å². The zero-order valence-electron chi connectivity index (χ0n) is 15.4. The molecule has 1 amide bonds. The molecule has 4 rings (SSSR count). The van der Waals surface area contributed by atoms with E-state index in [9.17, 15) is 4.79 Å². The van der Waals surface area contributed by atoms with Gasteiger partial charge in [-0.05, 0) is 35.9 Å². The van der Waals surface area contributed by atoms with Crippen LogP contribution >= 0.6 is 22.9 Å². The van der Waals surface area contributed by atoms with Gasteiger partial charge in [0.15, 0.2) is 0 Å².